The molecule has 1 saturated carbocycles. The lowest BCUT2D eigenvalue weighted by Crippen LogP contribution is -2.25. The lowest BCUT2D eigenvalue weighted by molar-refractivity contribution is 0.735. The number of hydrogen-bond donors (Lipinski definition) is 2. The van der Waals surface area contributed by atoms with Gasteiger partial charge in [-0.2, -0.15) is 0 Å². The number of fused-ring (bicyclic) bond motifs is 1. The van der Waals surface area contributed by atoms with Crippen molar-refractivity contribution in [1.82, 2.24) is 9.97 Å². The van der Waals surface area contributed by atoms with Crippen molar-refractivity contribution < 1.29 is 0 Å². The van der Waals surface area contributed by atoms with E-state index in [0.29, 0.717) is 0 Å². The van der Waals surface area contributed by atoms with E-state index in [0.717, 1.165) is 48.9 Å². The van der Waals surface area contributed by atoms with Crippen molar-refractivity contribution in [3.8, 4) is 0 Å². The van der Waals surface area contributed by atoms with Gasteiger partial charge in [0, 0.05) is 13.0 Å². The Morgan fingerprint density at radius 3 is 3.07 bits per heavy atom. The van der Waals surface area contributed by atoms with Gasteiger partial charge in [-0.05, 0) is 31.6 Å². The monoisotopic (exact) mass is 205 g/mol. The van der Waals surface area contributed by atoms with Crippen molar-refractivity contribution >= 4 is 5.82 Å². The molecule has 0 spiro atoms. The minimum absolute atomic E-state index is 0.0582. The highest BCUT2D eigenvalue weighted by molar-refractivity contribution is 5.45. The number of aromatic amines is 1. The van der Waals surface area contributed by atoms with Crippen LogP contribution in [0.2, 0.25) is 0 Å². The van der Waals surface area contributed by atoms with Crippen LogP contribution in [-0.4, -0.2) is 16.5 Å². The summed E-state index contributed by atoms with van der Waals surface area (Å²) in [6.45, 7) is 0.937. The molecule has 4 heteroatoms. The Hall–Kier alpha value is -1.32. The normalized spacial score (nSPS) is 19.5. The highest BCUT2D eigenvalue weighted by atomic mass is 16.1. The van der Waals surface area contributed by atoms with Gasteiger partial charge in [0.15, 0.2) is 0 Å². The zero-order chi connectivity index (χ0) is 10.3. The van der Waals surface area contributed by atoms with Gasteiger partial charge in [-0.3, -0.25) is 4.79 Å². The number of anilines is 1. The lowest BCUT2D eigenvalue weighted by Gasteiger charge is -2.16. The van der Waals surface area contributed by atoms with E-state index in [-0.39, 0.29) is 5.56 Å². The average molecular weight is 205 g/mol. The van der Waals surface area contributed by atoms with Gasteiger partial charge in [0.1, 0.15) is 11.6 Å². The summed E-state index contributed by atoms with van der Waals surface area (Å²) in [5.41, 5.74) is 0.892. The van der Waals surface area contributed by atoms with Gasteiger partial charge in [0.2, 0.25) is 0 Å². The molecule has 1 fully saturated rings. The summed E-state index contributed by atoms with van der Waals surface area (Å²) in [5, 5.41) is 3.21. The minimum Gasteiger partial charge on any atom is -0.370 e. The molecule has 0 radical (unpaired) electrons. The van der Waals surface area contributed by atoms with E-state index in [4.69, 9.17) is 0 Å². The summed E-state index contributed by atoms with van der Waals surface area (Å²) in [7, 11) is 0. The van der Waals surface area contributed by atoms with Crippen molar-refractivity contribution in [2.24, 2.45) is 5.92 Å². The van der Waals surface area contributed by atoms with Crippen LogP contribution in [0.25, 0.3) is 0 Å². The summed E-state index contributed by atoms with van der Waals surface area (Å²) in [4.78, 5) is 19.1. The Morgan fingerprint density at radius 1 is 1.40 bits per heavy atom. The molecule has 80 valence electrons. The molecule has 2 heterocycles. The zero-order valence-corrected chi connectivity index (χ0v) is 8.68. The number of H-pyrrole nitrogens is 1. The summed E-state index contributed by atoms with van der Waals surface area (Å²) in [6, 6.07) is 0. The molecule has 1 aliphatic carbocycles. The molecule has 2 N–H and O–H groups in total. The Balaban J connectivity index is 1.96. The largest absolute Gasteiger partial charge is 0.370 e. The molecule has 4 nitrogen and oxygen atoms in total. The molecule has 0 saturated heterocycles. The quantitative estimate of drug-likeness (QED) is 0.759. The molecule has 2 aliphatic rings. The minimum atomic E-state index is 0.0582. The third-order valence-electron chi connectivity index (χ3n) is 3.14. The fourth-order valence-corrected chi connectivity index (χ4v) is 2.09. The van der Waals surface area contributed by atoms with Crippen molar-refractivity contribution in [3.05, 3.63) is 21.7 Å². The van der Waals surface area contributed by atoms with Gasteiger partial charge in [-0.15, -0.1) is 0 Å². The van der Waals surface area contributed by atoms with Gasteiger partial charge >= 0.3 is 0 Å². The first-order chi connectivity index (χ1) is 7.33. The summed E-state index contributed by atoms with van der Waals surface area (Å²) >= 11 is 0. The second-order valence-electron chi connectivity index (χ2n) is 4.52. The molecule has 0 bridgehead atoms. The Labute approximate surface area is 88.1 Å². The van der Waals surface area contributed by atoms with Gasteiger partial charge < -0.3 is 10.3 Å². The SMILES string of the molecule is O=c1[nH]c(CC2CC2)nc2c1CCCN2. The number of hydrogen-bond acceptors (Lipinski definition) is 3. The number of aromatic nitrogens is 2. The Kier molecular flexibility index (Phi) is 2.01. The zero-order valence-electron chi connectivity index (χ0n) is 8.68. The maximum Gasteiger partial charge on any atom is 0.256 e. The van der Waals surface area contributed by atoms with E-state index < -0.39 is 0 Å². The molecule has 3 rings (SSSR count). The summed E-state index contributed by atoms with van der Waals surface area (Å²) in [5.74, 6) is 2.44. The molecule has 0 aromatic carbocycles. The van der Waals surface area contributed by atoms with E-state index in [2.05, 4.69) is 15.3 Å². The van der Waals surface area contributed by atoms with Crippen LogP contribution in [0.5, 0.6) is 0 Å². The van der Waals surface area contributed by atoms with Crippen molar-refractivity contribution in [1.29, 1.82) is 0 Å². The highest BCUT2D eigenvalue weighted by Crippen LogP contribution is 2.31. The van der Waals surface area contributed by atoms with Crippen LogP contribution in [0.1, 0.15) is 30.7 Å². The van der Waals surface area contributed by atoms with Crippen LogP contribution in [-0.2, 0) is 12.8 Å². The topological polar surface area (TPSA) is 57.8 Å². The molecule has 0 amide bonds. The maximum atomic E-state index is 11.8. The van der Waals surface area contributed by atoms with Gasteiger partial charge in [0.05, 0.1) is 5.56 Å². The lowest BCUT2D eigenvalue weighted by atomic mass is 10.1. The molecule has 0 unspecified atom stereocenters. The smallest absolute Gasteiger partial charge is 0.256 e. The van der Waals surface area contributed by atoms with Crippen LogP contribution in [0.3, 0.4) is 0 Å². The second-order valence-corrected chi connectivity index (χ2v) is 4.52. The molecule has 15 heavy (non-hydrogen) atoms. The van der Waals surface area contributed by atoms with Crippen LogP contribution < -0.4 is 10.9 Å². The third kappa shape index (κ3) is 1.76. The van der Waals surface area contributed by atoms with E-state index >= 15 is 0 Å². The van der Waals surface area contributed by atoms with E-state index in [1.165, 1.54) is 12.8 Å². The highest BCUT2D eigenvalue weighted by Gasteiger charge is 2.24. The Morgan fingerprint density at radius 2 is 2.27 bits per heavy atom. The third-order valence-corrected chi connectivity index (χ3v) is 3.14. The van der Waals surface area contributed by atoms with Gasteiger partial charge in [-0.1, -0.05) is 0 Å². The van der Waals surface area contributed by atoms with E-state index in [1.54, 1.807) is 0 Å². The van der Waals surface area contributed by atoms with E-state index in [1.807, 2.05) is 0 Å². The van der Waals surface area contributed by atoms with Crippen LogP contribution in [0.4, 0.5) is 5.82 Å². The first-order valence-electron chi connectivity index (χ1n) is 5.69. The van der Waals surface area contributed by atoms with Crippen molar-refractivity contribution in [2.75, 3.05) is 11.9 Å². The molecular weight excluding hydrogens is 190 g/mol. The second kappa shape index (κ2) is 3.36. The molecule has 1 aromatic heterocycles. The van der Waals surface area contributed by atoms with Crippen LogP contribution >= 0.6 is 0 Å². The fraction of sp³-hybridized carbons (Fsp3) is 0.636. The van der Waals surface area contributed by atoms with Crippen molar-refractivity contribution in [3.63, 3.8) is 0 Å². The molecule has 0 atom stereocenters. The van der Waals surface area contributed by atoms with Gasteiger partial charge in [-0.25, -0.2) is 4.98 Å². The predicted octanol–water partition coefficient (Wildman–Crippen LogP) is 1.08. The molecular formula is C11H15N3O. The average Bonchev–Trinajstić information content (AvgIpc) is 3.02. The fourth-order valence-electron chi connectivity index (χ4n) is 2.09. The predicted molar refractivity (Wildman–Crippen MR) is 58.1 cm³/mol. The van der Waals surface area contributed by atoms with Crippen molar-refractivity contribution in [2.45, 2.75) is 32.1 Å². The standard InChI is InChI=1S/C11H15N3O/c15-11-8-2-1-5-12-10(8)13-9(14-11)6-7-3-4-7/h7H,1-6H2,(H2,12,13,14,15). The first kappa shape index (κ1) is 8.95. The first-order valence-corrected chi connectivity index (χ1v) is 5.69. The Bertz CT molecular complexity index is 434. The maximum absolute atomic E-state index is 11.8. The molecule has 1 aromatic rings. The number of nitrogens with one attached hydrogen (secondary N) is 2. The van der Waals surface area contributed by atoms with Crippen LogP contribution in [0, 0.1) is 5.92 Å². The number of rotatable bonds is 2. The van der Waals surface area contributed by atoms with E-state index in [9.17, 15) is 4.79 Å². The molecule has 1 aliphatic heterocycles. The van der Waals surface area contributed by atoms with Crippen LogP contribution in [0.15, 0.2) is 4.79 Å². The summed E-state index contributed by atoms with van der Waals surface area (Å²) < 4.78 is 0. The number of nitrogens with zero attached hydrogens (tertiary/aromatic N) is 1. The van der Waals surface area contributed by atoms with Gasteiger partial charge in [0.25, 0.3) is 5.56 Å². The summed E-state index contributed by atoms with van der Waals surface area (Å²) in [6.07, 6.45) is 5.39.